The molecule has 130 valence electrons. The van der Waals surface area contributed by atoms with Crippen molar-refractivity contribution in [1.82, 2.24) is 14.3 Å². The summed E-state index contributed by atoms with van der Waals surface area (Å²) in [4.78, 5) is 0. The first kappa shape index (κ1) is 17.4. The predicted octanol–water partition coefficient (Wildman–Crippen LogP) is 3.23. The Kier molecular flexibility index (Phi) is 4.41. The third-order valence-electron chi connectivity index (χ3n) is 4.73. The van der Waals surface area contributed by atoms with Gasteiger partial charge in [0.15, 0.2) is 0 Å². The van der Waals surface area contributed by atoms with Gasteiger partial charge in [-0.1, -0.05) is 33.5 Å². The van der Waals surface area contributed by atoms with E-state index in [1.54, 1.807) is 0 Å². The van der Waals surface area contributed by atoms with Gasteiger partial charge in [-0.25, -0.2) is 0 Å². The maximum Gasteiger partial charge on any atom is 0.113 e. The summed E-state index contributed by atoms with van der Waals surface area (Å²) in [6.07, 6.45) is -0.548. The number of hydrogen-bond acceptors (Lipinski definition) is 2. The van der Waals surface area contributed by atoms with Crippen LogP contribution in [0.2, 0.25) is 0 Å². The second kappa shape index (κ2) is 6.60. The van der Waals surface area contributed by atoms with Crippen molar-refractivity contribution in [3.8, 4) is 0 Å². The fraction of sp³-hybridized carbons (Fsp3) is 0.250. The lowest BCUT2D eigenvalue weighted by Gasteiger charge is -2.15. The highest BCUT2D eigenvalue weighted by Crippen LogP contribution is 2.31. The topological polar surface area (TPSA) is 43.0 Å². The highest BCUT2D eigenvalue weighted by atomic mass is 79.9. The van der Waals surface area contributed by atoms with Gasteiger partial charge in [-0.2, -0.15) is 5.10 Å². The van der Waals surface area contributed by atoms with Gasteiger partial charge in [0.25, 0.3) is 0 Å². The normalized spacial score (nSPS) is 12.9. The summed E-state index contributed by atoms with van der Waals surface area (Å²) in [5.74, 6) is 0. The summed E-state index contributed by atoms with van der Waals surface area (Å²) >= 11 is 3.55. The standard InChI is InChI=1S/C20H19BBrN3O/c1-12-7-13(2)25(23-12)11-16(26)10-24-19-5-3-14(21)8-17(19)18-9-15(22)4-6-20(18)24/h3-9,16,26H,10-11H2,1-2H3. The zero-order valence-electron chi connectivity index (χ0n) is 14.8. The number of benzene rings is 2. The number of aryl methyl sites for hydroxylation is 2. The maximum absolute atomic E-state index is 10.7. The molecule has 4 nitrogen and oxygen atoms in total. The van der Waals surface area contributed by atoms with Crippen molar-refractivity contribution in [3.63, 3.8) is 0 Å². The number of aliphatic hydroxyl groups excluding tert-OH is 1. The molecule has 4 aromatic rings. The number of halogens is 1. The van der Waals surface area contributed by atoms with Crippen LogP contribution in [0.25, 0.3) is 21.8 Å². The average molecular weight is 408 g/mol. The highest BCUT2D eigenvalue weighted by molar-refractivity contribution is 9.10. The van der Waals surface area contributed by atoms with E-state index in [1.165, 1.54) is 0 Å². The molecule has 0 saturated heterocycles. The molecule has 0 bridgehead atoms. The Bertz CT molecular complexity index is 1060. The van der Waals surface area contributed by atoms with Crippen molar-refractivity contribution in [3.05, 3.63) is 58.3 Å². The fourth-order valence-corrected chi connectivity index (χ4v) is 3.98. The van der Waals surface area contributed by atoms with E-state index < -0.39 is 6.10 Å². The first-order valence-electron chi connectivity index (χ1n) is 8.58. The Hall–Kier alpha value is -2.05. The molecule has 2 aromatic carbocycles. The SMILES string of the molecule is [B]c1ccc2c(c1)c1cc(Br)ccc1n2CC(O)Cn1nc(C)cc1C. The first-order valence-corrected chi connectivity index (χ1v) is 9.38. The molecule has 26 heavy (non-hydrogen) atoms. The minimum atomic E-state index is -0.548. The smallest absolute Gasteiger partial charge is 0.113 e. The van der Waals surface area contributed by atoms with E-state index in [0.717, 1.165) is 43.1 Å². The molecule has 1 unspecified atom stereocenters. The van der Waals surface area contributed by atoms with Crippen LogP contribution in [0.4, 0.5) is 0 Å². The van der Waals surface area contributed by atoms with Gasteiger partial charge in [0.2, 0.25) is 0 Å². The Morgan fingerprint density at radius 1 is 1.04 bits per heavy atom. The highest BCUT2D eigenvalue weighted by Gasteiger charge is 2.15. The summed E-state index contributed by atoms with van der Waals surface area (Å²) in [5, 5.41) is 17.4. The average Bonchev–Trinajstić information content (AvgIpc) is 3.04. The molecule has 1 atom stereocenters. The number of aromatic nitrogens is 3. The largest absolute Gasteiger partial charge is 0.389 e. The van der Waals surface area contributed by atoms with Crippen molar-refractivity contribution in [2.75, 3.05) is 0 Å². The lowest BCUT2D eigenvalue weighted by atomic mass is 9.94. The van der Waals surface area contributed by atoms with Crippen LogP contribution in [0.1, 0.15) is 11.4 Å². The van der Waals surface area contributed by atoms with E-state index in [9.17, 15) is 5.11 Å². The van der Waals surface area contributed by atoms with Crippen LogP contribution >= 0.6 is 15.9 Å². The molecule has 0 amide bonds. The number of rotatable bonds is 4. The van der Waals surface area contributed by atoms with Gasteiger partial charge in [-0.15, -0.1) is 0 Å². The molecule has 4 rings (SSSR count). The lowest BCUT2D eigenvalue weighted by Crippen LogP contribution is -2.23. The van der Waals surface area contributed by atoms with Crippen LogP contribution in [0.15, 0.2) is 46.9 Å². The van der Waals surface area contributed by atoms with Crippen molar-refractivity contribution in [2.45, 2.75) is 33.0 Å². The van der Waals surface area contributed by atoms with E-state index in [0.29, 0.717) is 13.1 Å². The van der Waals surface area contributed by atoms with Gasteiger partial charge in [0.05, 0.1) is 24.9 Å². The van der Waals surface area contributed by atoms with Crippen LogP contribution in [-0.2, 0) is 13.1 Å². The van der Waals surface area contributed by atoms with E-state index >= 15 is 0 Å². The van der Waals surface area contributed by atoms with Crippen molar-refractivity contribution in [1.29, 1.82) is 0 Å². The monoisotopic (exact) mass is 407 g/mol. The Morgan fingerprint density at radius 3 is 2.42 bits per heavy atom. The maximum atomic E-state index is 10.7. The third kappa shape index (κ3) is 3.08. The molecule has 6 heteroatoms. The van der Waals surface area contributed by atoms with Crippen LogP contribution in [0, 0.1) is 13.8 Å². The zero-order valence-corrected chi connectivity index (χ0v) is 16.4. The van der Waals surface area contributed by atoms with E-state index in [4.69, 9.17) is 7.85 Å². The van der Waals surface area contributed by atoms with Crippen LogP contribution in [0.5, 0.6) is 0 Å². The fourth-order valence-electron chi connectivity index (χ4n) is 3.62. The van der Waals surface area contributed by atoms with Crippen LogP contribution < -0.4 is 5.46 Å². The quantitative estimate of drug-likeness (QED) is 0.528. The predicted molar refractivity (Wildman–Crippen MR) is 110 cm³/mol. The molecule has 2 heterocycles. The Labute approximate surface area is 162 Å². The van der Waals surface area contributed by atoms with E-state index in [2.05, 4.69) is 37.7 Å². The summed E-state index contributed by atoms with van der Waals surface area (Å²) < 4.78 is 5.05. The molecule has 0 spiro atoms. The second-order valence-electron chi connectivity index (χ2n) is 6.81. The first-order chi connectivity index (χ1) is 12.4. The lowest BCUT2D eigenvalue weighted by molar-refractivity contribution is 0.132. The molecule has 0 aliphatic heterocycles. The summed E-state index contributed by atoms with van der Waals surface area (Å²) in [5.41, 5.74) is 4.91. The molecule has 0 saturated carbocycles. The minimum Gasteiger partial charge on any atom is -0.389 e. The molecule has 2 radical (unpaired) electrons. The van der Waals surface area contributed by atoms with Gasteiger partial charge in [-0.05, 0) is 44.2 Å². The summed E-state index contributed by atoms with van der Waals surface area (Å²) in [6, 6.07) is 14.1. The number of nitrogens with zero attached hydrogens (tertiary/aromatic N) is 3. The molecule has 0 aliphatic rings. The number of hydrogen-bond donors (Lipinski definition) is 1. The molecular weight excluding hydrogens is 389 g/mol. The van der Waals surface area contributed by atoms with E-state index in [-0.39, 0.29) is 0 Å². The van der Waals surface area contributed by atoms with Crippen LogP contribution in [-0.4, -0.2) is 33.4 Å². The van der Waals surface area contributed by atoms with Crippen molar-refractivity contribution < 1.29 is 5.11 Å². The van der Waals surface area contributed by atoms with Gasteiger partial charge in [0, 0.05) is 32.0 Å². The zero-order chi connectivity index (χ0) is 18.4. The third-order valence-corrected chi connectivity index (χ3v) is 5.22. The summed E-state index contributed by atoms with van der Waals surface area (Å²) in [7, 11) is 6.00. The van der Waals surface area contributed by atoms with Crippen molar-refractivity contribution >= 4 is 51.0 Å². The molecule has 0 aliphatic carbocycles. The number of aliphatic hydroxyl groups is 1. The van der Waals surface area contributed by atoms with Gasteiger partial charge in [-0.3, -0.25) is 4.68 Å². The summed E-state index contributed by atoms with van der Waals surface area (Å²) in [6.45, 7) is 4.93. The second-order valence-corrected chi connectivity index (χ2v) is 7.73. The van der Waals surface area contributed by atoms with E-state index in [1.807, 2.05) is 48.9 Å². The minimum absolute atomic E-state index is 0.465. The Morgan fingerprint density at radius 2 is 1.73 bits per heavy atom. The van der Waals surface area contributed by atoms with Gasteiger partial charge < -0.3 is 9.67 Å². The van der Waals surface area contributed by atoms with Crippen LogP contribution in [0.3, 0.4) is 0 Å². The Balaban J connectivity index is 1.76. The molecular formula is C20H19BBrN3O. The van der Waals surface area contributed by atoms with Gasteiger partial charge >= 0.3 is 0 Å². The molecule has 2 aromatic heterocycles. The molecule has 1 N–H and O–H groups in total. The van der Waals surface area contributed by atoms with Crippen molar-refractivity contribution in [2.24, 2.45) is 0 Å². The van der Waals surface area contributed by atoms with Gasteiger partial charge in [0.1, 0.15) is 7.85 Å². The number of fused-ring (bicyclic) bond motifs is 3. The molecule has 0 fully saturated rings.